The number of halogens is 1. The van der Waals surface area contributed by atoms with E-state index in [1.54, 1.807) is 4.52 Å². The summed E-state index contributed by atoms with van der Waals surface area (Å²) in [6.45, 7) is 6.12. The lowest BCUT2D eigenvalue weighted by molar-refractivity contribution is 0.0673. The Kier molecular flexibility index (Phi) is 5.50. The van der Waals surface area contributed by atoms with Gasteiger partial charge in [-0.1, -0.05) is 12.1 Å². The van der Waals surface area contributed by atoms with Gasteiger partial charge in [-0.15, -0.1) is 0 Å². The minimum Gasteiger partial charge on any atom is -0.489 e. The van der Waals surface area contributed by atoms with Crippen LogP contribution >= 0.6 is 15.9 Å². The zero-order valence-electron chi connectivity index (χ0n) is 16.4. The van der Waals surface area contributed by atoms with Crippen LogP contribution in [0.2, 0.25) is 0 Å². The Morgan fingerprint density at radius 1 is 1.36 bits per heavy atom. The Morgan fingerprint density at radius 3 is 3.00 bits per heavy atom. The van der Waals surface area contributed by atoms with Crippen LogP contribution in [0.25, 0.3) is 5.78 Å². The van der Waals surface area contributed by atoms with Crippen molar-refractivity contribution >= 4 is 27.5 Å². The molecule has 8 heteroatoms. The number of hydrogen-bond acceptors (Lipinski definition) is 6. The Morgan fingerprint density at radius 2 is 2.21 bits per heavy atom. The number of aryl methyl sites for hydroxylation is 1. The lowest BCUT2D eigenvalue weighted by atomic mass is 10.1. The highest BCUT2D eigenvalue weighted by atomic mass is 79.9. The number of nitrogens with zero attached hydrogens (tertiary/aromatic N) is 5. The van der Waals surface area contributed by atoms with Gasteiger partial charge in [0.05, 0.1) is 10.6 Å². The average Bonchev–Trinajstić information content (AvgIpc) is 3.33. The number of anilines is 1. The van der Waals surface area contributed by atoms with Gasteiger partial charge in [0.2, 0.25) is 0 Å². The van der Waals surface area contributed by atoms with Crippen LogP contribution < -0.4 is 9.64 Å². The summed E-state index contributed by atoms with van der Waals surface area (Å²) < 4.78 is 14.6. The predicted octanol–water partition coefficient (Wildman–Crippen LogP) is 3.70. The number of hydrogen-bond donors (Lipinski definition) is 0. The summed E-state index contributed by atoms with van der Waals surface area (Å²) in [7, 11) is 2.05. The van der Waals surface area contributed by atoms with Gasteiger partial charge < -0.3 is 14.4 Å². The van der Waals surface area contributed by atoms with Crippen LogP contribution in [0.5, 0.6) is 5.75 Å². The third-order valence-electron chi connectivity index (χ3n) is 5.13. The monoisotopic (exact) mass is 445 g/mol. The van der Waals surface area contributed by atoms with E-state index in [9.17, 15) is 0 Å². The van der Waals surface area contributed by atoms with E-state index in [-0.39, 0.29) is 6.10 Å². The number of para-hydroxylation sites is 1. The van der Waals surface area contributed by atoms with Crippen molar-refractivity contribution < 1.29 is 9.47 Å². The highest BCUT2D eigenvalue weighted by molar-refractivity contribution is 9.10. The Bertz CT molecular complexity index is 984. The SMILES string of the molecule is Cc1nc2ncnn2c(N(C)Cc2cccc(Br)c2OCC2CCCO2)c1C. The van der Waals surface area contributed by atoms with Crippen LogP contribution in [0.15, 0.2) is 29.0 Å². The molecule has 1 aliphatic rings. The predicted molar refractivity (Wildman–Crippen MR) is 111 cm³/mol. The standard InChI is InChI=1S/C20H24BrN5O2/c1-13-14(2)24-20-22-12-23-26(20)19(13)25(3)10-15-6-4-8-17(21)18(15)28-11-16-7-5-9-27-16/h4,6,8,12,16H,5,7,9-11H2,1-3H3. The second-order valence-electron chi connectivity index (χ2n) is 7.15. The summed E-state index contributed by atoms with van der Waals surface area (Å²) in [4.78, 5) is 10.9. The van der Waals surface area contributed by atoms with Crippen molar-refractivity contribution in [2.24, 2.45) is 0 Å². The van der Waals surface area contributed by atoms with Crippen molar-refractivity contribution in [1.29, 1.82) is 0 Å². The van der Waals surface area contributed by atoms with E-state index in [0.29, 0.717) is 18.9 Å². The molecule has 148 valence electrons. The Hall–Kier alpha value is -2.19. The molecule has 1 saturated heterocycles. The molecule has 1 aliphatic heterocycles. The largest absolute Gasteiger partial charge is 0.489 e. The summed E-state index contributed by atoms with van der Waals surface area (Å²) in [5, 5.41) is 4.36. The zero-order chi connectivity index (χ0) is 19.7. The fraction of sp³-hybridized carbons (Fsp3) is 0.450. The first-order valence-electron chi connectivity index (χ1n) is 9.44. The van der Waals surface area contributed by atoms with Gasteiger partial charge in [0.1, 0.15) is 24.5 Å². The minimum absolute atomic E-state index is 0.178. The van der Waals surface area contributed by atoms with E-state index < -0.39 is 0 Å². The van der Waals surface area contributed by atoms with Crippen LogP contribution in [0.4, 0.5) is 5.82 Å². The van der Waals surface area contributed by atoms with E-state index >= 15 is 0 Å². The highest BCUT2D eigenvalue weighted by Gasteiger charge is 2.20. The first-order chi connectivity index (χ1) is 13.5. The van der Waals surface area contributed by atoms with E-state index in [1.807, 2.05) is 26.1 Å². The molecule has 2 aromatic heterocycles. The summed E-state index contributed by atoms with van der Waals surface area (Å²) in [6, 6.07) is 6.13. The molecule has 0 N–H and O–H groups in total. The molecule has 3 heterocycles. The number of benzene rings is 1. The number of rotatable bonds is 6. The lowest BCUT2D eigenvalue weighted by Gasteiger charge is -2.24. The van der Waals surface area contributed by atoms with Crippen molar-refractivity contribution in [2.75, 3.05) is 25.2 Å². The lowest BCUT2D eigenvalue weighted by Crippen LogP contribution is -2.23. The maximum atomic E-state index is 6.17. The van der Waals surface area contributed by atoms with Crippen LogP contribution in [0, 0.1) is 13.8 Å². The smallest absolute Gasteiger partial charge is 0.254 e. The zero-order valence-corrected chi connectivity index (χ0v) is 17.9. The molecular formula is C20H24BrN5O2. The molecule has 0 spiro atoms. The topological polar surface area (TPSA) is 64.8 Å². The molecule has 1 fully saturated rings. The van der Waals surface area contributed by atoms with E-state index in [2.05, 4.69) is 48.9 Å². The van der Waals surface area contributed by atoms with Crippen LogP contribution in [-0.2, 0) is 11.3 Å². The molecule has 4 rings (SSSR count). The molecule has 7 nitrogen and oxygen atoms in total. The maximum absolute atomic E-state index is 6.17. The maximum Gasteiger partial charge on any atom is 0.254 e. The van der Waals surface area contributed by atoms with Crippen molar-refractivity contribution in [2.45, 2.75) is 39.3 Å². The first-order valence-corrected chi connectivity index (χ1v) is 10.2. The Labute approximate surface area is 172 Å². The first kappa shape index (κ1) is 19.1. The van der Waals surface area contributed by atoms with E-state index in [0.717, 1.165) is 52.3 Å². The summed E-state index contributed by atoms with van der Waals surface area (Å²) in [5.74, 6) is 2.45. The summed E-state index contributed by atoms with van der Waals surface area (Å²) in [5.41, 5.74) is 3.13. The van der Waals surface area contributed by atoms with Gasteiger partial charge in [-0.3, -0.25) is 0 Å². The van der Waals surface area contributed by atoms with Crippen molar-refractivity contribution in [1.82, 2.24) is 19.6 Å². The molecule has 0 radical (unpaired) electrons. The molecule has 1 unspecified atom stereocenters. The average molecular weight is 446 g/mol. The summed E-state index contributed by atoms with van der Waals surface area (Å²) in [6.07, 6.45) is 3.87. The molecule has 1 atom stereocenters. The second-order valence-corrected chi connectivity index (χ2v) is 8.00. The van der Waals surface area contributed by atoms with Gasteiger partial charge in [0.25, 0.3) is 5.78 Å². The van der Waals surface area contributed by atoms with Crippen molar-refractivity contribution in [3.8, 4) is 5.75 Å². The molecule has 0 aliphatic carbocycles. The van der Waals surface area contributed by atoms with Gasteiger partial charge in [0.15, 0.2) is 0 Å². The highest BCUT2D eigenvalue weighted by Crippen LogP contribution is 2.32. The minimum atomic E-state index is 0.178. The molecule has 0 saturated carbocycles. The fourth-order valence-corrected chi connectivity index (χ4v) is 4.11. The second kappa shape index (κ2) is 8.05. The fourth-order valence-electron chi connectivity index (χ4n) is 3.59. The van der Waals surface area contributed by atoms with E-state index in [1.165, 1.54) is 6.33 Å². The Balaban J connectivity index is 1.61. The van der Waals surface area contributed by atoms with Gasteiger partial charge in [0, 0.05) is 37.0 Å². The van der Waals surface area contributed by atoms with Crippen LogP contribution in [0.3, 0.4) is 0 Å². The molecular weight excluding hydrogens is 422 g/mol. The number of ether oxygens (including phenoxy) is 2. The van der Waals surface area contributed by atoms with Gasteiger partial charge >= 0.3 is 0 Å². The van der Waals surface area contributed by atoms with Gasteiger partial charge in [-0.2, -0.15) is 14.6 Å². The quantitative estimate of drug-likeness (QED) is 0.576. The normalized spacial score (nSPS) is 16.6. The molecule has 0 amide bonds. The number of fused-ring (bicyclic) bond motifs is 1. The van der Waals surface area contributed by atoms with Crippen LogP contribution in [-0.4, -0.2) is 45.9 Å². The molecule has 1 aromatic carbocycles. The van der Waals surface area contributed by atoms with Gasteiger partial charge in [-0.05, 0) is 48.7 Å². The van der Waals surface area contributed by atoms with Crippen LogP contribution in [0.1, 0.15) is 29.7 Å². The van der Waals surface area contributed by atoms with E-state index in [4.69, 9.17) is 9.47 Å². The molecule has 28 heavy (non-hydrogen) atoms. The third kappa shape index (κ3) is 3.71. The summed E-state index contributed by atoms with van der Waals surface area (Å²) >= 11 is 3.64. The number of aromatic nitrogens is 4. The van der Waals surface area contributed by atoms with Crippen molar-refractivity contribution in [3.63, 3.8) is 0 Å². The molecule has 3 aromatic rings. The third-order valence-corrected chi connectivity index (χ3v) is 5.76. The van der Waals surface area contributed by atoms with Crippen molar-refractivity contribution in [3.05, 3.63) is 45.8 Å². The van der Waals surface area contributed by atoms with Gasteiger partial charge in [-0.25, -0.2) is 4.98 Å². The molecule has 0 bridgehead atoms.